The Morgan fingerprint density at radius 3 is 2.74 bits per heavy atom. The number of nitrogens with one attached hydrogen (secondary N) is 1. The highest BCUT2D eigenvalue weighted by molar-refractivity contribution is 5.87. The number of carboxylic acids is 1. The van der Waals surface area contributed by atoms with Crippen LogP contribution in [0.5, 0.6) is 0 Å². The molecule has 3 nitrogen and oxygen atoms in total. The third-order valence-corrected chi connectivity index (χ3v) is 3.16. The Morgan fingerprint density at radius 2 is 2.16 bits per heavy atom. The van der Waals surface area contributed by atoms with Gasteiger partial charge in [-0.25, -0.2) is 9.18 Å². The van der Waals surface area contributed by atoms with Gasteiger partial charge in [0, 0.05) is 12.6 Å². The minimum absolute atomic E-state index is 0.278. The fourth-order valence-electron chi connectivity index (χ4n) is 1.94. The number of rotatable bonds is 8. The summed E-state index contributed by atoms with van der Waals surface area (Å²) in [4.78, 5) is 10.7. The van der Waals surface area contributed by atoms with Gasteiger partial charge in [0.05, 0.1) is 5.56 Å². The largest absolute Gasteiger partial charge is 0.478 e. The molecule has 0 amide bonds. The van der Waals surface area contributed by atoms with Gasteiger partial charge in [0.1, 0.15) is 5.82 Å². The normalized spacial score (nSPS) is 12.4. The molecule has 0 saturated heterocycles. The van der Waals surface area contributed by atoms with Crippen molar-refractivity contribution in [2.45, 2.75) is 52.1 Å². The van der Waals surface area contributed by atoms with E-state index in [9.17, 15) is 9.18 Å². The number of halogens is 1. The van der Waals surface area contributed by atoms with Crippen molar-refractivity contribution in [3.8, 4) is 0 Å². The Kier molecular flexibility index (Phi) is 6.50. The number of aromatic carboxylic acids is 1. The molecule has 0 saturated carbocycles. The molecule has 1 aromatic rings. The standard InChI is InChI=1S/C15H22FNO2/c1-3-4-5-6-11(2)17-10-12-7-8-13(15(18)19)14(16)9-12/h7-9,11,17H,3-6,10H2,1-2H3,(H,18,19). The Labute approximate surface area is 113 Å². The molecule has 0 heterocycles. The Bertz CT molecular complexity index is 421. The fourth-order valence-corrected chi connectivity index (χ4v) is 1.94. The van der Waals surface area contributed by atoms with Crippen LogP contribution >= 0.6 is 0 Å². The molecule has 19 heavy (non-hydrogen) atoms. The SMILES string of the molecule is CCCCCC(C)NCc1ccc(C(=O)O)c(F)c1. The minimum atomic E-state index is -1.23. The van der Waals surface area contributed by atoms with Crippen LogP contribution in [0.25, 0.3) is 0 Å². The number of unbranched alkanes of at least 4 members (excludes halogenated alkanes) is 2. The van der Waals surface area contributed by atoms with E-state index in [2.05, 4.69) is 19.2 Å². The van der Waals surface area contributed by atoms with Crippen molar-refractivity contribution in [2.24, 2.45) is 0 Å². The molecular weight excluding hydrogens is 245 g/mol. The topological polar surface area (TPSA) is 49.3 Å². The third kappa shape index (κ3) is 5.39. The van der Waals surface area contributed by atoms with Gasteiger partial charge in [-0.05, 0) is 31.0 Å². The van der Waals surface area contributed by atoms with E-state index in [0.29, 0.717) is 12.6 Å². The zero-order valence-electron chi connectivity index (χ0n) is 11.6. The lowest BCUT2D eigenvalue weighted by molar-refractivity contribution is 0.0692. The van der Waals surface area contributed by atoms with Gasteiger partial charge in [-0.1, -0.05) is 32.3 Å². The first-order valence-corrected chi connectivity index (χ1v) is 6.79. The molecule has 0 aliphatic rings. The maximum Gasteiger partial charge on any atom is 0.338 e. The second kappa shape index (κ2) is 7.89. The van der Waals surface area contributed by atoms with Crippen LogP contribution in [0.1, 0.15) is 55.5 Å². The van der Waals surface area contributed by atoms with Crippen molar-refractivity contribution in [1.82, 2.24) is 5.32 Å². The van der Waals surface area contributed by atoms with Crippen molar-refractivity contribution in [1.29, 1.82) is 0 Å². The summed E-state index contributed by atoms with van der Waals surface area (Å²) in [5, 5.41) is 12.1. The molecule has 0 bridgehead atoms. The van der Waals surface area contributed by atoms with Crippen LogP contribution in [0.2, 0.25) is 0 Å². The molecule has 0 aliphatic heterocycles. The second-order valence-corrected chi connectivity index (χ2v) is 4.90. The monoisotopic (exact) mass is 267 g/mol. The zero-order valence-corrected chi connectivity index (χ0v) is 11.6. The number of carboxylic acid groups (broad SMARTS) is 1. The molecule has 2 N–H and O–H groups in total. The number of hydrogen-bond donors (Lipinski definition) is 2. The Hall–Kier alpha value is -1.42. The maximum absolute atomic E-state index is 13.5. The van der Waals surface area contributed by atoms with Crippen LogP contribution in [0.3, 0.4) is 0 Å². The van der Waals surface area contributed by atoms with Crippen molar-refractivity contribution in [3.05, 3.63) is 35.1 Å². The van der Waals surface area contributed by atoms with E-state index in [4.69, 9.17) is 5.11 Å². The van der Waals surface area contributed by atoms with Gasteiger partial charge >= 0.3 is 5.97 Å². The lowest BCUT2D eigenvalue weighted by atomic mass is 10.1. The van der Waals surface area contributed by atoms with Gasteiger partial charge in [0.25, 0.3) is 0 Å². The van der Waals surface area contributed by atoms with Gasteiger partial charge in [0.2, 0.25) is 0 Å². The highest BCUT2D eigenvalue weighted by atomic mass is 19.1. The lowest BCUT2D eigenvalue weighted by Gasteiger charge is -2.13. The first-order chi connectivity index (χ1) is 9.04. The number of hydrogen-bond acceptors (Lipinski definition) is 2. The Balaban J connectivity index is 2.45. The van der Waals surface area contributed by atoms with Crippen LogP contribution in [-0.4, -0.2) is 17.1 Å². The number of carbonyl (C=O) groups is 1. The molecule has 106 valence electrons. The van der Waals surface area contributed by atoms with E-state index in [1.807, 2.05) is 0 Å². The van der Waals surface area contributed by atoms with Gasteiger partial charge in [-0.2, -0.15) is 0 Å². The summed E-state index contributed by atoms with van der Waals surface area (Å²) in [6.45, 7) is 4.84. The molecule has 0 radical (unpaired) electrons. The predicted octanol–water partition coefficient (Wildman–Crippen LogP) is 3.58. The lowest BCUT2D eigenvalue weighted by Crippen LogP contribution is -2.25. The molecular formula is C15H22FNO2. The van der Waals surface area contributed by atoms with Gasteiger partial charge in [-0.3, -0.25) is 0 Å². The van der Waals surface area contributed by atoms with Crippen LogP contribution in [0.4, 0.5) is 4.39 Å². The molecule has 0 spiro atoms. The minimum Gasteiger partial charge on any atom is -0.478 e. The average molecular weight is 267 g/mol. The van der Waals surface area contributed by atoms with Crippen molar-refractivity contribution in [2.75, 3.05) is 0 Å². The van der Waals surface area contributed by atoms with Crippen LogP contribution < -0.4 is 5.32 Å². The first kappa shape index (κ1) is 15.6. The van der Waals surface area contributed by atoms with E-state index in [0.717, 1.165) is 12.0 Å². The van der Waals surface area contributed by atoms with Crippen LogP contribution in [-0.2, 0) is 6.54 Å². The predicted molar refractivity (Wildman–Crippen MR) is 73.8 cm³/mol. The maximum atomic E-state index is 13.5. The Morgan fingerprint density at radius 1 is 1.42 bits per heavy atom. The van der Waals surface area contributed by atoms with Gasteiger partial charge < -0.3 is 10.4 Å². The molecule has 4 heteroatoms. The van der Waals surface area contributed by atoms with E-state index in [1.54, 1.807) is 6.07 Å². The summed E-state index contributed by atoms with van der Waals surface area (Å²) >= 11 is 0. The van der Waals surface area contributed by atoms with E-state index < -0.39 is 11.8 Å². The van der Waals surface area contributed by atoms with Gasteiger partial charge in [0.15, 0.2) is 0 Å². The second-order valence-electron chi connectivity index (χ2n) is 4.90. The van der Waals surface area contributed by atoms with Crippen molar-refractivity contribution < 1.29 is 14.3 Å². The fraction of sp³-hybridized carbons (Fsp3) is 0.533. The number of benzene rings is 1. The third-order valence-electron chi connectivity index (χ3n) is 3.16. The van der Waals surface area contributed by atoms with E-state index in [-0.39, 0.29) is 5.56 Å². The van der Waals surface area contributed by atoms with Gasteiger partial charge in [-0.15, -0.1) is 0 Å². The summed E-state index contributed by atoms with van der Waals surface area (Å²) in [5.41, 5.74) is 0.490. The molecule has 1 rings (SSSR count). The van der Waals surface area contributed by atoms with Crippen LogP contribution in [0.15, 0.2) is 18.2 Å². The highest BCUT2D eigenvalue weighted by Gasteiger charge is 2.10. The first-order valence-electron chi connectivity index (χ1n) is 6.79. The summed E-state index contributed by atoms with van der Waals surface area (Å²) in [7, 11) is 0. The summed E-state index contributed by atoms with van der Waals surface area (Å²) in [6.07, 6.45) is 4.73. The van der Waals surface area contributed by atoms with Crippen LogP contribution in [0, 0.1) is 5.82 Å². The summed E-state index contributed by atoms with van der Waals surface area (Å²) in [5.74, 6) is -1.91. The van der Waals surface area contributed by atoms with E-state index >= 15 is 0 Å². The molecule has 0 aliphatic carbocycles. The molecule has 0 fully saturated rings. The molecule has 0 aromatic heterocycles. The average Bonchev–Trinajstić information content (AvgIpc) is 2.36. The molecule has 1 aromatic carbocycles. The molecule has 1 unspecified atom stereocenters. The van der Waals surface area contributed by atoms with Crippen molar-refractivity contribution >= 4 is 5.97 Å². The highest BCUT2D eigenvalue weighted by Crippen LogP contribution is 2.11. The van der Waals surface area contributed by atoms with Crippen molar-refractivity contribution in [3.63, 3.8) is 0 Å². The zero-order chi connectivity index (χ0) is 14.3. The smallest absolute Gasteiger partial charge is 0.338 e. The summed E-state index contributed by atoms with van der Waals surface area (Å²) < 4.78 is 13.5. The van der Waals surface area contributed by atoms with E-state index in [1.165, 1.54) is 31.4 Å². The molecule has 1 atom stereocenters. The summed E-state index contributed by atoms with van der Waals surface area (Å²) in [6, 6.07) is 4.64. The quantitative estimate of drug-likeness (QED) is 0.708.